The summed E-state index contributed by atoms with van der Waals surface area (Å²) in [6.07, 6.45) is 28.0. The zero-order valence-electron chi connectivity index (χ0n) is 28.6. The van der Waals surface area contributed by atoms with Gasteiger partial charge in [-0.05, 0) is 42.4 Å². The molecule has 1 amide bonds. The lowest BCUT2D eigenvalue weighted by molar-refractivity contribution is 0.0998. The highest BCUT2D eigenvalue weighted by Crippen LogP contribution is 2.45. The number of anilines is 1. The number of nitrogens with two attached hydrogens (primary N) is 2. The molecule has 248 valence electrons. The molecule has 45 heavy (non-hydrogen) atoms. The zero-order valence-corrected chi connectivity index (χ0v) is 28.6. The lowest BCUT2D eigenvalue weighted by atomic mass is 9.85. The lowest BCUT2D eigenvalue weighted by Crippen LogP contribution is -2.15. The van der Waals surface area contributed by atoms with Crippen molar-refractivity contribution in [1.29, 1.82) is 0 Å². The predicted molar refractivity (Wildman–Crippen MR) is 195 cm³/mol. The van der Waals surface area contributed by atoms with Crippen molar-refractivity contribution in [1.82, 2.24) is 0 Å². The number of primary amides is 1. The smallest absolute Gasteiger partial charge is 0.253 e. The fourth-order valence-corrected chi connectivity index (χ4v) is 6.97. The third kappa shape index (κ3) is 11.4. The molecule has 4 nitrogen and oxygen atoms in total. The van der Waals surface area contributed by atoms with Crippen LogP contribution in [0.4, 0.5) is 5.69 Å². The maximum absolute atomic E-state index is 12.7. The molecule has 0 radical (unpaired) electrons. The highest BCUT2D eigenvalue weighted by Gasteiger charge is 2.25. The molecule has 0 aliphatic rings. The molecule has 0 saturated carbocycles. The number of benzene rings is 3. The topological polar surface area (TPSA) is 89.3 Å². The molecule has 0 fully saturated rings. The summed E-state index contributed by atoms with van der Waals surface area (Å²) in [5, 5.41) is 13.0. The van der Waals surface area contributed by atoms with E-state index in [4.69, 9.17) is 11.5 Å². The summed E-state index contributed by atoms with van der Waals surface area (Å²) in [5.41, 5.74) is 17.4. The fraction of sp³-hybridized carbons (Fsp3) is 0.585. The van der Waals surface area contributed by atoms with Crippen LogP contribution in [-0.2, 0) is 12.8 Å². The average molecular weight is 615 g/mol. The number of carbonyl (C=O) groups excluding carboxylic acids is 1. The Morgan fingerprint density at radius 1 is 0.622 bits per heavy atom. The second-order valence-electron chi connectivity index (χ2n) is 13.2. The number of aryl methyl sites for hydroxylation is 2. The average Bonchev–Trinajstić information content (AvgIpc) is 3.04. The fourth-order valence-electron chi connectivity index (χ4n) is 6.97. The van der Waals surface area contributed by atoms with Crippen molar-refractivity contribution < 1.29 is 9.90 Å². The first-order chi connectivity index (χ1) is 22.0. The first-order valence-corrected chi connectivity index (χ1v) is 18.4. The van der Waals surface area contributed by atoms with E-state index in [1.54, 1.807) is 0 Å². The van der Waals surface area contributed by atoms with Crippen molar-refractivity contribution in [3.05, 3.63) is 59.2 Å². The molecular weight excluding hydrogens is 552 g/mol. The number of fused-ring (bicyclic) bond motifs is 1. The minimum Gasteiger partial charge on any atom is -0.506 e. The van der Waals surface area contributed by atoms with Gasteiger partial charge in [-0.2, -0.15) is 0 Å². The quantitative estimate of drug-likeness (QED) is 0.0532. The molecule has 0 atom stereocenters. The zero-order chi connectivity index (χ0) is 32.3. The van der Waals surface area contributed by atoms with Gasteiger partial charge in [0.1, 0.15) is 5.75 Å². The summed E-state index contributed by atoms with van der Waals surface area (Å²) in [4.78, 5) is 12.7. The number of amides is 1. The number of hydrogen-bond acceptors (Lipinski definition) is 3. The van der Waals surface area contributed by atoms with Gasteiger partial charge in [-0.25, -0.2) is 0 Å². The normalized spacial score (nSPS) is 11.4. The summed E-state index contributed by atoms with van der Waals surface area (Å²) in [5.74, 6) is -0.717. The van der Waals surface area contributed by atoms with Crippen LogP contribution in [0.5, 0.6) is 5.75 Å². The van der Waals surface area contributed by atoms with E-state index in [2.05, 4.69) is 19.9 Å². The summed E-state index contributed by atoms with van der Waals surface area (Å²) >= 11 is 0. The van der Waals surface area contributed by atoms with Crippen LogP contribution in [0.1, 0.15) is 164 Å². The monoisotopic (exact) mass is 614 g/mol. The Hall–Kier alpha value is -3.01. The van der Waals surface area contributed by atoms with Crippen LogP contribution in [0.2, 0.25) is 0 Å². The van der Waals surface area contributed by atoms with Gasteiger partial charge < -0.3 is 16.6 Å². The van der Waals surface area contributed by atoms with Crippen LogP contribution in [0.15, 0.2) is 42.5 Å². The Labute approximate surface area is 274 Å². The van der Waals surface area contributed by atoms with Gasteiger partial charge in [0, 0.05) is 22.0 Å². The van der Waals surface area contributed by atoms with Crippen molar-refractivity contribution in [2.75, 3.05) is 5.73 Å². The molecule has 0 heterocycles. The molecule has 0 spiro atoms. The second-order valence-corrected chi connectivity index (χ2v) is 13.2. The Balaban J connectivity index is 1.78. The van der Waals surface area contributed by atoms with Gasteiger partial charge in [0.05, 0.1) is 5.56 Å². The molecule has 0 bridgehead atoms. The Bertz CT molecular complexity index is 1280. The van der Waals surface area contributed by atoms with E-state index in [0.29, 0.717) is 16.6 Å². The van der Waals surface area contributed by atoms with Gasteiger partial charge >= 0.3 is 0 Å². The number of rotatable bonds is 24. The van der Waals surface area contributed by atoms with Gasteiger partial charge in [-0.3, -0.25) is 4.79 Å². The summed E-state index contributed by atoms with van der Waals surface area (Å²) < 4.78 is 0. The SMILES string of the molecule is CCCCCCCCCCCCc1ccc2c(O)c(C(N)=O)c(-c3ccccc3)c(N)c2c1CCCCCCCCCCCC. The lowest BCUT2D eigenvalue weighted by Gasteiger charge is -2.21. The molecule has 3 aromatic rings. The maximum Gasteiger partial charge on any atom is 0.253 e. The minimum atomic E-state index is -0.661. The first kappa shape index (κ1) is 36.5. The predicted octanol–water partition coefficient (Wildman–Crippen LogP) is 11.8. The molecule has 4 heteroatoms. The molecule has 3 aromatic carbocycles. The third-order valence-corrected chi connectivity index (χ3v) is 9.58. The molecule has 0 saturated heterocycles. The Morgan fingerprint density at radius 2 is 1.09 bits per heavy atom. The van der Waals surface area contributed by atoms with E-state index >= 15 is 0 Å². The van der Waals surface area contributed by atoms with Crippen LogP contribution in [0.25, 0.3) is 21.9 Å². The number of unbranched alkanes of at least 4 members (excludes halogenated alkanes) is 18. The van der Waals surface area contributed by atoms with E-state index in [1.165, 1.54) is 127 Å². The van der Waals surface area contributed by atoms with Gasteiger partial charge in [-0.15, -0.1) is 0 Å². The Kier molecular flexibility index (Phi) is 16.9. The largest absolute Gasteiger partial charge is 0.506 e. The minimum absolute atomic E-state index is 0.0552. The van der Waals surface area contributed by atoms with E-state index in [9.17, 15) is 9.90 Å². The number of nitrogen functional groups attached to an aromatic ring is 1. The van der Waals surface area contributed by atoms with E-state index < -0.39 is 5.91 Å². The number of phenols is 1. The van der Waals surface area contributed by atoms with E-state index in [-0.39, 0.29) is 11.3 Å². The van der Waals surface area contributed by atoms with Crippen molar-refractivity contribution in [3.8, 4) is 16.9 Å². The molecule has 0 aromatic heterocycles. The van der Waals surface area contributed by atoms with Crippen LogP contribution in [-0.4, -0.2) is 11.0 Å². The maximum atomic E-state index is 12.7. The van der Waals surface area contributed by atoms with Crippen molar-refractivity contribution in [2.45, 2.75) is 155 Å². The number of aromatic hydroxyl groups is 1. The van der Waals surface area contributed by atoms with E-state index in [0.717, 1.165) is 36.6 Å². The summed E-state index contributed by atoms with van der Waals surface area (Å²) in [7, 11) is 0. The Morgan fingerprint density at radius 3 is 1.58 bits per heavy atom. The number of hydrogen-bond donors (Lipinski definition) is 3. The van der Waals surface area contributed by atoms with Crippen molar-refractivity contribution in [3.63, 3.8) is 0 Å². The highest BCUT2D eigenvalue weighted by molar-refractivity contribution is 6.16. The molecular formula is C41H62N2O2. The van der Waals surface area contributed by atoms with Gasteiger partial charge in [-0.1, -0.05) is 172 Å². The summed E-state index contributed by atoms with van der Waals surface area (Å²) in [6, 6.07) is 13.8. The third-order valence-electron chi connectivity index (χ3n) is 9.58. The van der Waals surface area contributed by atoms with Crippen molar-refractivity contribution in [2.24, 2.45) is 5.73 Å². The number of carbonyl (C=O) groups is 1. The van der Waals surface area contributed by atoms with E-state index in [1.807, 2.05) is 36.4 Å². The molecule has 0 unspecified atom stereocenters. The second kappa shape index (κ2) is 20.9. The van der Waals surface area contributed by atoms with Crippen molar-refractivity contribution >= 4 is 22.4 Å². The van der Waals surface area contributed by atoms with Crippen LogP contribution >= 0.6 is 0 Å². The standard InChI is InChI=1S/C41H62N2O2/c1-3-5-7-9-11-13-15-17-19-22-26-32-30-31-35-37(34(32)29-25-20-18-16-14-12-10-8-6-4-2)39(42)36(33-27-23-21-24-28-33)38(40(35)44)41(43)45/h21,23-24,27-28,30-31,44H,3-20,22,25-26,29,42H2,1-2H3,(H2,43,45). The van der Waals surface area contributed by atoms with Crippen LogP contribution in [0, 0.1) is 0 Å². The van der Waals surface area contributed by atoms with Gasteiger partial charge in [0.2, 0.25) is 0 Å². The van der Waals surface area contributed by atoms with Gasteiger partial charge in [0.15, 0.2) is 0 Å². The molecule has 5 N–H and O–H groups in total. The van der Waals surface area contributed by atoms with Gasteiger partial charge in [0.25, 0.3) is 5.91 Å². The summed E-state index contributed by atoms with van der Waals surface area (Å²) in [6.45, 7) is 4.54. The van der Waals surface area contributed by atoms with Crippen LogP contribution in [0.3, 0.4) is 0 Å². The molecule has 0 aliphatic heterocycles. The van der Waals surface area contributed by atoms with Crippen LogP contribution < -0.4 is 11.5 Å². The highest BCUT2D eigenvalue weighted by atomic mass is 16.3. The first-order valence-electron chi connectivity index (χ1n) is 18.4. The molecule has 0 aliphatic carbocycles. The molecule has 3 rings (SSSR count).